The van der Waals surface area contributed by atoms with Gasteiger partial charge in [-0.3, -0.25) is 0 Å². The molecule has 0 aliphatic heterocycles. The molecule has 0 radical (unpaired) electrons. The van der Waals surface area contributed by atoms with Crippen LogP contribution < -0.4 is 5.32 Å². The Hall–Kier alpha value is -0.800. The van der Waals surface area contributed by atoms with Crippen LogP contribution in [0.1, 0.15) is 12.5 Å². The maximum Gasteiger partial charge on any atom is 0.101 e. The van der Waals surface area contributed by atoms with Crippen LogP contribution in [-0.4, -0.2) is 23.7 Å². The van der Waals surface area contributed by atoms with E-state index in [-0.39, 0.29) is 0 Å². The van der Waals surface area contributed by atoms with Crippen LogP contribution in [0.25, 0.3) is 0 Å². The molecule has 62 valence electrons. The van der Waals surface area contributed by atoms with Gasteiger partial charge < -0.3 is 15.4 Å². The second-order valence-corrected chi connectivity index (χ2v) is 2.90. The standard InChI is InChI=1S/C8H14N2O/c1-8(11,6-9-2)7-3-4-10-5-7/h3-5,9-11H,6H2,1-2H3. The van der Waals surface area contributed by atoms with Crippen LogP contribution in [0.5, 0.6) is 0 Å². The SMILES string of the molecule is CNCC(C)(O)c1cc[nH]c1. The lowest BCUT2D eigenvalue weighted by atomic mass is 9.99. The summed E-state index contributed by atoms with van der Waals surface area (Å²) in [5, 5.41) is 12.7. The van der Waals surface area contributed by atoms with E-state index >= 15 is 0 Å². The van der Waals surface area contributed by atoms with E-state index in [1.807, 2.05) is 13.1 Å². The minimum absolute atomic E-state index is 0.560. The summed E-state index contributed by atoms with van der Waals surface area (Å²) < 4.78 is 0. The Morgan fingerprint density at radius 2 is 2.45 bits per heavy atom. The molecule has 3 N–H and O–H groups in total. The summed E-state index contributed by atoms with van der Waals surface area (Å²) in [5.74, 6) is 0. The van der Waals surface area contributed by atoms with Crippen LogP contribution in [0.3, 0.4) is 0 Å². The quantitative estimate of drug-likeness (QED) is 0.591. The lowest BCUT2D eigenvalue weighted by Gasteiger charge is -2.21. The van der Waals surface area contributed by atoms with Gasteiger partial charge >= 0.3 is 0 Å². The van der Waals surface area contributed by atoms with Crippen LogP contribution in [-0.2, 0) is 5.60 Å². The van der Waals surface area contributed by atoms with Gasteiger partial charge in [0.1, 0.15) is 5.60 Å². The first-order chi connectivity index (χ1) is 5.17. The number of hydrogen-bond donors (Lipinski definition) is 3. The highest BCUT2D eigenvalue weighted by molar-refractivity contribution is 5.17. The highest BCUT2D eigenvalue weighted by Gasteiger charge is 2.21. The molecule has 0 fully saturated rings. The lowest BCUT2D eigenvalue weighted by Crippen LogP contribution is -2.33. The molecule has 3 heteroatoms. The molecule has 0 bridgehead atoms. The van der Waals surface area contributed by atoms with Gasteiger partial charge in [-0.25, -0.2) is 0 Å². The topological polar surface area (TPSA) is 48.0 Å². The molecular formula is C8H14N2O. The number of aliphatic hydroxyl groups is 1. The molecule has 0 saturated heterocycles. The second-order valence-electron chi connectivity index (χ2n) is 2.90. The van der Waals surface area contributed by atoms with Crippen LogP contribution in [0, 0.1) is 0 Å². The van der Waals surface area contributed by atoms with Crippen molar-refractivity contribution in [3.8, 4) is 0 Å². The first-order valence-electron chi connectivity index (χ1n) is 3.67. The Morgan fingerprint density at radius 1 is 1.73 bits per heavy atom. The molecule has 1 aromatic rings. The van der Waals surface area contributed by atoms with Crippen molar-refractivity contribution in [2.24, 2.45) is 0 Å². The average molecular weight is 154 g/mol. The van der Waals surface area contributed by atoms with Crippen molar-refractivity contribution in [3.63, 3.8) is 0 Å². The third-order valence-electron chi connectivity index (χ3n) is 1.74. The van der Waals surface area contributed by atoms with Crippen LogP contribution in [0.15, 0.2) is 18.5 Å². The van der Waals surface area contributed by atoms with E-state index in [4.69, 9.17) is 0 Å². The summed E-state index contributed by atoms with van der Waals surface area (Å²) in [4.78, 5) is 2.91. The lowest BCUT2D eigenvalue weighted by molar-refractivity contribution is 0.0593. The highest BCUT2D eigenvalue weighted by Crippen LogP contribution is 2.17. The minimum Gasteiger partial charge on any atom is -0.384 e. The molecule has 11 heavy (non-hydrogen) atoms. The highest BCUT2D eigenvalue weighted by atomic mass is 16.3. The van der Waals surface area contributed by atoms with E-state index in [2.05, 4.69) is 10.3 Å². The molecule has 0 aliphatic rings. The van der Waals surface area contributed by atoms with E-state index in [1.165, 1.54) is 0 Å². The minimum atomic E-state index is -0.769. The van der Waals surface area contributed by atoms with Crippen LogP contribution in [0.4, 0.5) is 0 Å². The van der Waals surface area contributed by atoms with Gasteiger partial charge in [-0.1, -0.05) is 0 Å². The van der Waals surface area contributed by atoms with Gasteiger partial charge in [-0.15, -0.1) is 0 Å². The van der Waals surface area contributed by atoms with Crippen molar-refractivity contribution in [1.82, 2.24) is 10.3 Å². The predicted octanol–water partition coefficient (Wildman–Crippen LogP) is 0.442. The normalized spacial score (nSPS) is 16.3. The first kappa shape index (κ1) is 8.30. The van der Waals surface area contributed by atoms with Crippen molar-refractivity contribution in [3.05, 3.63) is 24.0 Å². The molecule has 0 aliphatic carbocycles. The Bertz CT molecular complexity index is 204. The zero-order valence-corrected chi connectivity index (χ0v) is 6.89. The zero-order valence-electron chi connectivity index (χ0n) is 6.89. The van der Waals surface area contributed by atoms with Gasteiger partial charge in [0.15, 0.2) is 0 Å². The van der Waals surface area contributed by atoms with E-state index < -0.39 is 5.60 Å². The molecule has 1 rings (SSSR count). The molecule has 0 amide bonds. The molecule has 1 atom stereocenters. The van der Waals surface area contributed by atoms with Crippen molar-refractivity contribution in [2.75, 3.05) is 13.6 Å². The molecule has 1 heterocycles. The van der Waals surface area contributed by atoms with Crippen molar-refractivity contribution >= 4 is 0 Å². The number of likely N-dealkylation sites (N-methyl/N-ethyl adjacent to an activating group) is 1. The van der Waals surface area contributed by atoms with Gasteiger partial charge in [0.2, 0.25) is 0 Å². The number of aromatic amines is 1. The third-order valence-corrected chi connectivity index (χ3v) is 1.74. The van der Waals surface area contributed by atoms with Crippen molar-refractivity contribution in [2.45, 2.75) is 12.5 Å². The summed E-state index contributed by atoms with van der Waals surface area (Å²) in [6.07, 6.45) is 3.61. The van der Waals surface area contributed by atoms with E-state index in [9.17, 15) is 5.11 Å². The van der Waals surface area contributed by atoms with E-state index in [1.54, 1.807) is 19.3 Å². The summed E-state index contributed by atoms with van der Waals surface area (Å²) in [7, 11) is 1.82. The zero-order chi connectivity index (χ0) is 8.32. The Labute approximate surface area is 66.4 Å². The Morgan fingerprint density at radius 3 is 2.91 bits per heavy atom. The summed E-state index contributed by atoms with van der Waals surface area (Å²) in [5.41, 5.74) is 0.140. The Kier molecular flexibility index (Phi) is 2.31. The van der Waals surface area contributed by atoms with Gasteiger partial charge in [-0.2, -0.15) is 0 Å². The number of rotatable bonds is 3. The largest absolute Gasteiger partial charge is 0.384 e. The predicted molar refractivity (Wildman–Crippen MR) is 44.3 cm³/mol. The maximum atomic E-state index is 9.79. The van der Waals surface area contributed by atoms with Crippen molar-refractivity contribution < 1.29 is 5.11 Å². The van der Waals surface area contributed by atoms with Gasteiger partial charge in [0.25, 0.3) is 0 Å². The Balaban J connectivity index is 2.73. The summed E-state index contributed by atoms with van der Waals surface area (Å²) in [6, 6.07) is 1.87. The van der Waals surface area contributed by atoms with Crippen molar-refractivity contribution in [1.29, 1.82) is 0 Å². The molecule has 1 aromatic heterocycles. The van der Waals surface area contributed by atoms with Gasteiger partial charge in [0.05, 0.1) is 0 Å². The fraction of sp³-hybridized carbons (Fsp3) is 0.500. The second kappa shape index (κ2) is 3.07. The summed E-state index contributed by atoms with van der Waals surface area (Å²) >= 11 is 0. The number of H-pyrrole nitrogens is 1. The maximum absolute atomic E-state index is 9.79. The average Bonchev–Trinajstić information content (AvgIpc) is 2.37. The van der Waals surface area contributed by atoms with E-state index in [0.717, 1.165) is 5.56 Å². The monoisotopic (exact) mass is 154 g/mol. The van der Waals surface area contributed by atoms with Gasteiger partial charge in [-0.05, 0) is 20.0 Å². The molecule has 0 spiro atoms. The third kappa shape index (κ3) is 1.82. The fourth-order valence-electron chi connectivity index (χ4n) is 1.11. The number of nitrogens with one attached hydrogen (secondary N) is 2. The fourth-order valence-corrected chi connectivity index (χ4v) is 1.11. The molecule has 1 unspecified atom stereocenters. The molecule has 0 saturated carbocycles. The first-order valence-corrected chi connectivity index (χ1v) is 3.67. The van der Waals surface area contributed by atoms with Gasteiger partial charge in [0, 0.05) is 24.5 Å². The molecule has 0 aromatic carbocycles. The van der Waals surface area contributed by atoms with E-state index in [0.29, 0.717) is 6.54 Å². The number of aromatic nitrogens is 1. The van der Waals surface area contributed by atoms with Crippen LogP contribution in [0.2, 0.25) is 0 Å². The smallest absolute Gasteiger partial charge is 0.101 e. The van der Waals surface area contributed by atoms with Crippen LogP contribution >= 0.6 is 0 Å². The molecule has 3 nitrogen and oxygen atoms in total. The number of hydrogen-bond acceptors (Lipinski definition) is 2. The molecular weight excluding hydrogens is 140 g/mol. The summed E-state index contributed by atoms with van der Waals surface area (Å²) in [6.45, 7) is 2.34.